The van der Waals surface area contributed by atoms with Crippen LogP contribution in [0.3, 0.4) is 0 Å². The van der Waals surface area contributed by atoms with Crippen LogP contribution >= 0.6 is 0 Å². The quantitative estimate of drug-likeness (QED) is 0.680. The summed E-state index contributed by atoms with van der Waals surface area (Å²) in [6, 6.07) is 18.8. The van der Waals surface area contributed by atoms with E-state index in [1.54, 1.807) is 0 Å². The average molecular weight is 310 g/mol. The first-order valence-corrected chi connectivity index (χ1v) is 8.61. The molecule has 0 nitrogen and oxygen atoms in total. The van der Waals surface area contributed by atoms with Crippen molar-refractivity contribution in [3.05, 3.63) is 101 Å². The molecule has 1 aliphatic rings. The van der Waals surface area contributed by atoms with Gasteiger partial charge in [0, 0.05) is 5.92 Å². The van der Waals surface area contributed by atoms with Crippen LogP contribution in [0.25, 0.3) is 0 Å². The summed E-state index contributed by atoms with van der Waals surface area (Å²) in [5.74, 6) is 0.372. The van der Waals surface area contributed by atoms with Crippen LogP contribution in [0.2, 0.25) is 0 Å². The van der Waals surface area contributed by atoms with Gasteiger partial charge >= 0.3 is 0 Å². The van der Waals surface area contributed by atoms with Gasteiger partial charge in [0.05, 0.1) is 0 Å². The summed E-state index contributed by atoms with van der Waals surface area (Å²) >= 11 is 0. The van der Waals surface area contributed by atoms with E-state index in [1.165, 1.54) is 22.3 Å². The highest BCUT2D eigenvalue weighted by Gasteiger charge is 2.15. The summed E-state index contributed by atoms with van der Waals surface area (Å²) in [5, 5.41) is 0. The molecule has 0 spiro atoms. The molecule has 0 N–H and O–H groups in total. The number of rotatable bonds is 5. The fourth-order valence-electron chi connectivity index (χ4n) is 3.28. The minimum Gasteiger partial charge on any atom is -0.0964 e. The summed E-state index contributed by atoms with van der Waals surface area (Å²) in [6.45, 7) is 6.53. The summed E-state index contributed by atoms with van der Waals surface area (Å²) in [7, 11) is 5.92. The third-order valence-corrected chi connectivity index (χ3v) is 4.85. The van der Waals surface area contributed by atoms with E-state index in [0.29, 0.717) is 5.92 Å². The summed E-state index contributed by atoms with van der Waals surface area (Å²) in [5.41, 5.74) is 7.43. The molecule has 0 saturated carbocycles. The van der Waals surface area contributed by atoms with Crippen molar-refractivity contribution in [3.8, 4) is 0 Å². The number of hydrogen-bond acceptors (Lipinski definition) is 0. The fourth-order valence-corrected chi connectivity index (χ4v) is 3.28. The molecule has 0 fully saturated rings. The first-order valence-electron chi connectivity index (χ1n) is 8.61. The lowest BCUT2D eigenvalue weighted by Crippen LogP contribution is -2.08. The Kier molecular flexibility index (Phi) is 5.20. The molecule has 1 heteroatoms. The Morgan fingerprint density at radius 2 is 1.83 bits per heavy atom. The van der Waals surface area contributed by atoms with Gasteiger partial charge in [-0.05, 0) is 41.5 Å². The Morgan fingerprint density at radius 3 is 2.54 bits per heavy atom. The second kappa shape index (κ2) is 7.53. The molecule has 118 valence electrons. The zero-order valence-corrected chi connectivity index (χ0v) is 14.3. The Balaban J connectivity index is 1.65. The maximum atomic E-state index is 5.92. The normalized spacial score (nSPS) is 15.6. The van der Waals surface area contributed by atoms with Crippen molar-refractivity contribution in [1.29, 1.82) is 0 Å². The lowest BCUT2D eigenvalue weighted by atomic mass is 9.82. The van der Waals surface area contributed by atoms with E-state index >= 15 is 0 Å². The Hall–Kier alpha value is -2.28. The van der Waals surface area contributed by atoms with Crippen LogP contribution in [0.4, 0.5) is 0 Å². The SMILES string of the molecule is [B]c1cccc(C(C)C2=CC(=C)C(CCc3ccccc3)=CC2)c1. The van der Waals surface area contributed by atoms with Gasteiger partial charge in [0.2, 0.25) is 0 Å². The van der Waals surface area contributed by atoms with Crippen molar-refractivity contribution in [2.24, 2.45) is 0 Å². The van der Waals surface area contributed by atoms with Crippen molar-refractivity contribution < 1.29 is 0 Å². The standard InChI is InChI=1S/C23H23B/c1-17-15-22(18(2)21-9-6-10-23(24)16-21)14-13-20(17)12-11-19-7-4-3-5-8-19/h3-10,13,15-16,18H,1,11-12,14H2,2H3. The van der Waals surface area contributed by atoms with Gasteiger partial charge in [0.25, 0.3) is 0 Å². The van der Waals surface area contributed by atoms with Crippen molar-refractivity contribution in [3.63, 3.8) is 0 Å². The van der Waals surface area contributed by atoms with Gasteiger partial charge in [-0.3, -0.25) is 0 Å². The molecule has 0 aliphatic heterocycles. The first kappa shape index (κ1) is 16.6. The molecule has 2 aromatic rings. The topological polar surface area (TPSA) is 0 Å². The third-order valence-electron chi connectivity index (χ3n) is 4.85. The second-order valence-electron chi connectivity index (χ2n) is 6.56. The van der Waals surface area contributed by atoms with Gasteiger partial charge in [-0.2, -0.15) is 0 Å². The zero-order chi connectivity index (χ0) is 16.9. The monoisotopic (exact) mass is 310 g/mol. The van der Waals surface area contributed by atoms with Gasteiger partial charge in [-0.25, -0.2) is 0 Å². The highest BCUT2D eigenvalue weighted by molar-refractivity contribution is 6.32. The molecule has 3 rings (SSSR count). The Bertz CT molecular complexity index is 781. The lowest BCUT2D eigenvalue weighted by molar-refractivity contribution is 0.841. The van der Waals surface area contributed by atoms with Crippen molar-refractivity contribution in [1.82, 2.24) is 0 Å². The van der Waals surface area contributed by atoms with Crippen molar-refractivity contribution in [2.75, 3.05) is 0 Å². The molecule has 0 amide bonds. The smallest absolute Gasteiger partial charge is 0.0964 e. The van der Waals surface area contributed by atoms with E-state index in [2.05, 4.69) is 68.1 Å². The van der Waals surface area contributed by atoms with Crippen LogP contribution in [-0.2, 0) is 6.42 Å². The molecule has 0 heterocycles. The molecular formula is C23H23B. The van der Waals surface area contributed by atoms with Crippen LogP contribution in [0.15, 0.2) is 90.0 Å². The molecule has 0 saturated heterocycles. The third kappa shape index (κ3) is 3.97. The molecule has 1 atom stereocenters. The van der Waals surface area contributed by atoms with E-state index < -0.39 is 0 Å². The van der Waals surface area contributed by atoms with Crippen LogP contribution in [0.5, 0.6) is 0 Å². The minimum atomic E-state index is 0.372. The molecule has 0 bridgehead atoms. The maximum Gasteiger partial charge on any atom is 0.113 e. The van der Waals surface area contributed by atoms with Gasteiger partial charge in [0.15, 0.2) is 0 Å². The first-order chi connectivity index (χ1) is 11.6. The highest BCUT2D eigenvalue weighted by Crippen LogP contribution is 2.33. The van der Waals surface area contributed by atoms with Crippen LogP contribution in [0.1, 0.15) is 36.8 Å². The minimum absolute atomic E-state index is 0.372. The number of benzene rings is 2. The summed E-state index contributed by atoms with van der Waals surface area (Å²) in [6.07, 6.45) is 7.75. The molecule has 0 aromatic heterocycles. The maximum absolute atomic E-state index is 5.92. The van der Waals surface area contributed by atoms with E-state index in [9.17, 15) is 0 Å². The molecule has 1 aliphatic carbocycles. The summed E-state index contributed by atoms with van der Waals surface area (Å²) in [4.78, 5) is 0. The molecular weight excluding hydrogens is 287 g/mol. The van der Waals surface area contributed by atoms with Crippen LogP contribution < -0.4 is 5.46 Å². The molecule has 2 aromatic carbocycles. The van der Waals surface area contributed by atoms with Gasteiger partial charge in [-0.1, -0.05) is 91.3 Å². The second-order valence-corrected chi connectivity index (χ2v) is 6.56. The van der Waals surface area contributed by atoms with E-state index in [1.807, 2.05) is 12.1 Å². The average Bonchev–Trinajstić information content (AvgIpc) is 2.61. The van der Waals surface area contributed by atoms with Crippen LogP contribution in [-0.4, -0.2) is 7.85 Å². The largest absolute Gasteiger partial charge is 0.113 e. The Labute approximate surface area is 147 Å². The Morgan fingerprint density at radius 1 is 1.04 bits per heavy atom. The number of aryl methyl sites for hydroxylation is 1. The predicted molar refractivity (Wildman–Crippen MR) is 105 cm³/mol. The van der Waals surface area contributed by atoms with Gasteiger partial charge in [0.1, 0.15) is 7.85 Å². The van der Waals surface area contributed by atoms with Gasteiger partial charge in [-0.15, -0.1) is 0 Å². The summed E-state index contributed by atoms with van der Waals surface area (Å²) < 4.78 is 0. The fraction of sp³-hybridized carbons (Fsp3) is 0.217. The highest BCUT2D eigenvalue weighted by atomic mass is 14.2. The van der Waals surface area contributed by atoms with Crippen molar-refractivity contribution >= 4 is 13.3 Å². The number of allylic oxidation sites excluding steroid dienone is 5. The zero-order valence-electron chi connectivity index (χ0n) is 14.3. The molecule has 1 unspecified atom stereocenters. The predicted octanol–water partition coefficient (Wildman–Crippen LogP) is 5.03. The van der Waals surface area contributed by atoms with E-state index in [4.69, 9.17) is 7.85 Å². The molecule has 2 radical (unpaired) electrons. The van der Waals surface area contributed by atoms with E-state index in [0.717, 1.165) is 30.3 Å². The lowest BCUT2D eigenvalue weighted by Gasteiger charge is -2.22. The van der Waals surface area contributed by atoms with Crippen molar-refractivity contribution in [2.45, 2.75) is 32.1 Å². The number of hydrogen-bond donors (Lipinski definition) is 0. The molecule has 24 heavy (non-hydrogen) atoms. The van der Waals surface area contributed by atoms with E-state index in [-0.39, 0.29) is 0 Å². The van der Waals surface area contributed by atoms with Crippen LogP contribution in [0, 0.1) is 0 Å². The van der Waals surface area contributed by atoms with Gasteiger partial charge < -0.3 is 0 Å².